The first-order valence-corrected chi connectivity index (χ1v) is 30.4. The van der Waals surface area contributed by atoms with Crippen LogP contribution in [0.15, 0.2) is 291 Å². The first kappa shape index (κ1) is 45.5. The second-order valence-electron chi connectivity index (χ2n) is 20.1. The Bertz CT molecular complexity index is 3810. The van der Waals surface area contributed by atoms with E-state index >= 15 is 0 Å². The molecule has 0 N–H and O–H groups in total. The van der Waals surface area contributed by atoms with Crippen LogP contribution >= 0.6 is 0 Å². The molecule has 0 saturated carbocycles. The largest absolute Gasteiger partial charge is 0.320 e. The SMILES string of the molecule is CC1CC(c2nc(-c3ccccc3)n(-c3ccc(N4c5ccccc5[Si-](c5ccccc5)(c5ccccc5)c5ccccc54)cc3)n2)=CC=C1N1c2ccccc2[Si-](c2ccccc2)(c2ccccc2)c2ccccc21. The Kier molecular flexibility index (Phi) is 11.2. The standard InChI is InChI=1S/C69H53N5Si2/c1-50-49-52(43-48-59(50)73-62-37-19-23-41-66(62)76(57-31-13-5-14-32-57,58-33-15-6-16-34-58)67-42-24-20-38-63(67)73)68-70-69(51-25-7-2-8-26-51)74(71-68)54-46-44-53(45-47-54)72-60-35-17-21-39-64(60)75(55-27-9-3-10-28-55,56-29-11-4-12-30-56)65-40-22-18-36-61(65)72/h2-48,50H,49H2,1H3/q-2. The molecule has 14 rings (SSSR count). The summed E-state index contributed by atoms with van der Waals surface area (Å²) in [5, 5.41) is 16.5. The van der Waals surface area contributed by atoms with Crippen molar-refractivity contribution >= 4 is 91.7 Å². The molecule has 3 aliphatic rings. The van der Waals surface area contributed by atoms with Gasteiger partial charge in [0.2, 0.25) is 0 Å². The lowest BCUT2D eigenvalue weighted by Crippen LogP contribution is -2.77. The van der Waals surface area contributed by atoms with Crippen molar-refractivity contribution < 1.29 is 0 Å². The van der Waals surface area contributed by atoms with Crippen molar-refractivity contribution in [1.29, 1.82) is 0 Å². The number of fused-ring (bicyclic) bond motifs is 4. The van der Waals surface area contributed by atoms with Crippen molar-refractivity contribution in [2.75, 3.05) is 9.80 Å². The lowest BCUT2D eigenvalue weighted by molar-refractivity contribution is 0.676. The Labute approximate surface area is 446 Å². The summed E-state index contributed by atoms with van der Waals surface area (Å²) in [6.45, 7) is 2.36. The van der Waals surface area contributed by atoms with Crippen LogP contribution in [0.3, 0.4) is 0 Å². The molecule has 11 aromatic rings. The number of para-hydroxylation sites is 4. The number of hydrogen-bond donors (Lipinski definition) is 0. The molecule has 0 spiro atoms. The Balaban J connectivity index is 0.859. The van der Waals surface area contributed by atoms with Gasteiger partial charge in [-0.1, -0.05) is 237 Å². The Morgan fingerprint density at radius 1 is 0.368 bits per heavy atom. The maximum absolute atomic E-state index is 5.40. The molecular weight excluding hydrogens is 955 g/mol. The molecule has 3 heterocycles. The summed E-state index contributed by atoms with van der Waals surface area (Å²) >= 11 is 0. The molecule has 0 bridgehead atoms. The topological polar surface area (TPSA) is 37.2 Å². The average Bonchev–Trinajstić information content (AvgIpc) is 4.10. The highest BCUT2D eigenvalue weighted by molar-refractivity contribution is 7.22. The van der Waals surface area contributed by atoms with E-state index in [1.807, 2.05) is 4.68 Å². The lowest BCUT2D eigenvalue weighted by atomic mass is 9.90. The van der Waals surface area contributed by atoms with Crippen LogP contribution in [0.1, 0.15) is 19.2 Å². The number of benzene rings is 10. The quantitative estimate of drug-likeness (QED) is 0.135. The molecule has 10 aromatic carbocycles. The Hall–Kier alpha value is -9.15. The monoisotopic (exact) mass is 1010 g/mol. The minimum absolute atomic E-state index is 0.163. The highest BCUT2D eigenvalue weighted by atomic mass is 28.3. The summed E-state index contributed by atoms with van der Waals surface area (Å²) in [4.78, 5) is 10.4. The van der Waals surface area contributed by atoms with E-state index in [-0.39, 0.29) is 5.92 Å². The fourth-order valence-corrected chi connectivity index (χ4v) is 23.0. The van der Waals surface area contributed by atoms with Crippen LogP contribution < -0.4 is 51.3 Å². The van der Waals surface area contributed by atoms with E-state index in [4.69, 9.17) is 10.1 Å². The van der Waals surface area contributed by atoms with E-state index in [1.54, 1.807) is 0 Å². The van der Waals surface area contributed by atoms with Gasteiger partial charge >= 0.3 is 0 Å². The van der Waals surface area contributed by atoms with E-state index in [0.717, 1.165) is 40.6 Å². The number of aromatic nitrogens is 3. The van der Waals surface area contributed by atoms with Gasteiger partial charge in [-0.2, -0.15) is 20.7 Å². The zero-order valence-corrected chi connectivity index (χ0v) is 44.2. The van der Waals surface area contributed by atoms with Gasteiger partial charge in [-0.25, -0.2) is 9.67 Å². The predicted octanol–water partition coefficient (Wildman–Crippen LogP) is 10.9. The molecule has 1 atom stereocenters. The van der Waals surface area contributed by atoms with Gasteiger partial charge in [0.1, 0.15) is 0 Å². The van der Waals surface area contributed by atoms with Gasteiger partial charge in [0.25, 0.3) is 0 Å². The number of nitrogens with zero attached hydrogens (tertiary/aromatic N) is 5. The molecule has 1 aliphatic carbocycles. The second kappa shape index (κ2) is 18.7. The van der Waals surface area contributed by atoms with Crippen molar-refractivity contribution in [3.63, 3.8) is 0 Å². The van der Waals surface area contributed by atoms with Crippen LogP contribution in [0.2, 0.25) is 0 Å². The van der Waals surface area contributed by atoms with E-state index < -0.39 is 16.1 Å². The molecule has 1 aromatic heterocycles. The fraction of sp³-hybridized carbons (Fsp3) is 0.0435. The zero-order valence-electron chi connectivity index (χ0n) is 42.2. The molecule has 0 amide bonds. The Morgan fingerprint density at radius 2 is 0.724 bits per heavy atom. The molecule has 2 aliphatic heterocycles. The summed E-state index contributed by atoms with van der Waals surface area (Å²) in [7, 11) is -5.45. The van der Waals surface area contributed by atoms with Crippen LogP contribution in [-0.4, -0.2) is 30.9 Å². The van der Waals surface area contributed by atoms with Crippen LogP contribution in [0.25, 0.3) is 22.6 Å². The highest BCUT2D eigenvalue weighted by Gasteiger charge is 2.40. The van der Waals surface area contributed by atoms with Crippen LogP contribution in [-0.2, 0) is 0 Å². The third kappa shape index (κ3) is 7.04. The van der Waals surface area contributed by atoms with Crippen molar-refractivity contribution in [1.82, 2.24) is 14.8 Å². The molecule has 0 fully saturated rings. The minimum Gasteiger partial charge on any atom is -0.320 e. The van der Waals surface area contributed by atoms with Crippen LogP contribution in [0, 0.1) is 5.92 Å². The van der Waals surface area contributed by atoms with Gasteiger partial charge in [0, 0.05) is 45.6 Å². The molecule has 364 valence electrons. The second-order valence-corrected chi connectivity index (χ2v) is 27.6. The molecule has 0 saturated heterocycles. The first-order chi connectivity index (χ1) is 37.6. The zero-order chi connectivity index (χ0) is 50.6. The van der Waals surface area contributed by atoms with Crippen LogP contribution in [0.5, 0.6) is 0 Å². The van der Waals surface area contributed by atoms with Crippen molar-refractivity contribution in [2.24, 2.45) is 5.92 Å². The maximum Gasteiger partial charge on any atom is 0.178 e. The third-order valence-electron chi connectivity index (χ3n) is 16.0. The Morgan fingerprint density at radius 3 is 1.13 bits per heavy atom. The van der Waals surface area contributed by atoms with E-state index in [2.05, 4.69) is 302 Å². The van der Waals surface area contributed by atoms with Crippen LogP contribution in [0.4, 0.5) is 28.4 Å². The smallest absolute Gasteiger partial charge is 0.178 e. The van der Waals surface area contributed by atoms with Gasteiger partial charge in [0.15, 0.2) is 11.6 Å². The maximum atomic E-state index is 5.40. The van der Waals surface area contributed by atoms with E-state index in [9.17, 15) is 0 Å². The van der Waals surface area contributed by atoms with Crippen molar-refractivity contribution in [3.05, 3.63) is 297 Å². The molecule has 5 nitrogen and oxygen atoms in total. The van der Waals surface area contributed by atoms with Gasteiger partial charge in [0.05, 0.1) is 5.69 Å². The van der Waals surface area contributed by atoms with E-state index in [0.29, 0.717) is 0 Å². The number of anilines is 5. The summed E-state index contributed by atoms with van der Waals surface area (Å²) < 4.78 is 2.04. The molecule has 0 radical (unpaired) electrons. The highest BCUT2D eigenvalue weighted by Crippen LogP contribution is 2.43. The summed E-state index contributed by atoms with van der Waals surface area (Å²) in [5.74, 6) is 1.71. The molecule has 7 heteroatoms. The van der Waals surface area contributed by atoms with Gasteiger partial charge in [-0.3, -0.25) is 0 Å². The summed E-state index contributed by atoms with van der Waals surface area (Å²) in [6.07, 6.45) is 5.38. The first-order valence-electron chi connectivity index (χ1n) is 26.4. The lowest BCUT2D eigenvalue weighted by Gasteiger charge is -2.55. The van der Waals surface area contributed by atoms with Gasteiger partial charge in [-0.15, -0.1) is 25.8 Å². The summed E-state index contributed by atoms with van der Waals surface area (Å²) in [5.41, 5.74) is 10.3. The van der Waals surface area contributed by atoms with Gasteiger partial charge < -0.3 is 9.80 Å². The van der Waals surface area contributed by atoms with Crippen molar-refractivity contribution in [2.45, 2.75) is 13.3 Å². The van der Waals surface area contributed by atoms with Crippen molar-refractivity contribution in [3.8, 4) is 17.1 Å². The van der Waals surface area contributed by atoms with Gasteiger partial charge in [-0.05, 0) is 82.7 Å². The number of rotatable bonds is 9. The third-order valence-corrected chi connectivity index (χ3v) is 25.8. The number of hydrogen-bond acceptors (Lipinski definition) is 4. The summed E-state index contributed by atoms with van der Waals surface area (Å²) in [6, 6.07) is 101. The van der Waals surface area contributed by atoms with E-state index in [1.165, 1.54) is 69.9 Å². The molecular formula is C69H53N5Si2-2. The number of allylic oxidation sites excluding steroid dienone is 4. The normalized spacial score (nSPS) is 15.8. The predicted molar refractivity (Wildman–Crippen MR) is 321 cm³/mol. The molecule has 1 unspecified atom stereocenters. The molecule has 76 heavy (non-hydrogen) atoms. The minimum atomic E-state index is -2.73. The fourth-order valence-electron chi connectivity index (χ4n) is 12.8. The average molecular weight is 1010 g/mol.